The Balaban J connectivity index is 1.98. The minimum atomic E-state index is -0.152. The van der Waals surface area contributed by atoms with Gasteiger partial charge in [0.1, 0.15) is 5.82 Å². The van der Waals surface area contributed by atoms with Crippen molar-refractivity contribution in [2.75, 3.05) is 6.54 Å². The number of rotatable bonds is 6. The second-order valence-electron chi connectivity index (χ2n) is 5.62. The van der Waals surface area contributed by atoms with E-state index in [4.69, 9.17) is 0 Å². The van der Waals surface area contributed by atoms with Crippen LogP contribution in [0.25, 0.3) is 0 Å². The van der Waals surface area contributed by atoms with Gasteiger partial charge in [0.15, 0.2) is 0 Å². The van der Waals surface area contributed by atoms with Gasteiger partial charge in [-0.15, -0.1) is 0 Å². The van der Waals surface area contributed by atoms with Gasteiger partial charge in [0, 0.05) is 10.5 Å². The van der Waals surface area contributed by atoms with Crippen molar-refractivity contribution in [3.8, 4) is 0 Å². The molecule has 106 valence electrons. The Morgan fingerprint density at radius 3 is 2.68 bits per heavy atom. The normalized spacial score (nSPS) is 17.8. The van der Waals surface area contributed by atoms with Crippen molar-refractivity contribution in [3.63, 3.8) is 0 Å². The summed E-state index contributed by atoms with van der Waals surface area (Å²) in [5.74, 6) is 0.710. The van der Waals surface area contributed by atoms with Crippen molar-refractivity contribution in [3.05, 3.63) is 34.1 Å². The van der Waals surface area contributed by atoms with E-state index in [9.17, 15) is 4.39 Å². The van der Waals surface area contributed by atoms with Crippen molar-refractivity contribution in [2.24, 2.45) is 5.92 Å². The molecule has 1 aliphatic carbocycles. The van der Waals surface area contributed by atoms with E-state index in [1.807, 2.05) is 6.07 Å². The molecular formula is C16H23BrFN. The lowest BCUT2D eigenvalue weighted by Crippen LogP contribution is -2.32. The summed E-state index contributed by atoms with van der Waals surface area (Å²) in [4.78, 5) is 0. The van der Waals surface area contributed by atoms with Gasteiger partial charge in [-0.1, -0.05) is 48.5 Å². The van der Waals surface area contributed by atoms with Crippen LogP contribution in [0.1, 0.15) is 44.6 Å². The minimum absolute atomic E-state index is 0.152. The van der Waals surface area contributed by atoms with Crippen LogP contribution in [0.4, 0.5) is 4.39 Å². The van der Waals surface area contributed by atoms with Crippen LogP contribution in [0, 0.1) is 11.7 Å². The molecule has 2 rings (SSSR count). The molecular weight excluding hydrogens is 305 g/mol. The van der Waals surface area contributed by atoms with Gasteiger partial charge in [0.05, 0.1) is 0 Å². The van der Waals surface area contributed by atoms with Crippen molar-refractivity contribution in [2.45, 2.75) is 51.5 Å². The predicted molar refractivity (Wildman–Crippen MR) is 81.8 cm³/mol. The number of likely N-dealkylation sites (N-methyl/N-ethyl adjacent to an activating group) is 1. The maximum Gasteiger partial charge on any atom is 0.124 e. The molecule has 1 N–H and O–H groups in total. The monoisotopic (exact) mass is 327 g/mol. The lowest BCUT2D eigenvalue weighted by Gasteiger charge is -2.21. The van der Waals surface area contributed by atoms with Gasteiger partial charge in [-0.25, -0.2) is 4.39 Å². The largest absolute Gasteiger partial charge is 0.314 e. The molecule has 1 nitrogen and oxygen atoms in total. The van der Waals surface area contributed by atoms with E-state index in [-0.39, 0.29) is 5.82 Å². The molecule has 1 saturated carbocycles. The van der Waals surface area contributed by atoms with Gasteiger partial charge in [-0.05, 0) is 49.1 Å². The zero-order chi connectivity index (χ0) is 13.7. The lowest BCUT2D eigenvalue weighted by atomic mass is 9.94. The average molecular weight is 328 g/mol. The van der Waals surface area contributed by atoms with Crippen LogP contribution < -0.4 is 5.32 Å². The standard InChI is InChI=1S/C16H23BrFN/c1-2-19-16(9-12-5-3-4-6-12)10-13-7-14(17)11-15(18)8-13/h7-8,11-12,16,19H,2-6,9-10H2,1H3. The van der Waals surface area contributed by atoms with E-state index in [0.29, 0.717) is 6.04 Å². The fourth-order valence-corrected chi connectivity index (χ4v) is 3.70. The third-order valence-electron chi connectivity index (χ3n) is 3.99. The number of benzene rings is 1. The Morgan fingerprint density at radius 1 is 1.32 bits per heavy atom. The molecule has 1 fully saturated rings. The van der Waals surface area contributed by atoms with E-state index < -0.39 is 0 Å². The third-order valence-corrected chi connectivity index (χ3v) is 4.45. The first-order chi connectivity index (χ1) is 9.17. The summed E-state index contributed by atoms with van der Waals surface area (Å²) in [7, 11) is 0. The molecule has 0 spiro atoms. The SMILES string of the molecule is CCNC(Cc1cc(F)cc(Br)c1)CC1CCCC1. The van der Waals surface area contributed by atoms with Crippen LogP contribution in [0.2, 0.25) is 0 Å². The second kappa shape index (κ2) is 7.39. The Labute approximate surface area is 124 Å². The van der Waals surface area contributed by atoms with Crippen LogP contribution in [-0.2, 0) is 6.42 Å². The first-order valence-corrected chi connectivity index (χ1v) is 8.15. The average Bonchev–Trinajstić information content (AvgIpc) is 2.80. The molecule has 1 aromatic carbocycles. The molecule has 0 bridgehead atoms. The summed E-state index contributed by atoms with van der Waals surface area (Å²) in [6.45, 7) is 3.12. The molecule has 0 heterocycles. The topological polar surface area (TPSA) is 12.0 Å². The summed E-state index contributed by atoms with van der Waals surface area (Å²) < 4.78 is 14.3. The van der Waals surface area contributed by atoms with Gasteiger partial charge < -0.3 is 5.32 Å². The Hall–Kier alpha value is -0.410. The molecule has 1 unspecified atom stereocenters. The van der Waals surface area contributed by atoms with Crippen molar-refractivity contribution in [1.82, 2.24) is 5.32 Å². The van der Waals surface area contributed by atoms with Gasteiger partial charge >= 0.3 is 0 Å². The predicted octanol–water partition coefficient (Wildman–Crippen LogP) is 4.69. The molecule has 3 heteroatoms. The highest BCUT2D eigenvalue weighted by atomic mass is 79.9. The second-order valence-corrected chi connectivity index (χ2v) is 6.54. The Kier molecular flexibility index (Phi) is 5.83. The number of halogens is 2. The van der Waals surface area contributed by atoms with E-state index in [0.717, 1.165) is 28.9 Å². The van der Waals surface area contributed by atoms with E-state index in [1.165, 1.54) is 38.2 Å². The van der Waals surface area contributed by atoms with Crippen molar-refractivity contribution >= 4 is 15.9 Å². The number of nitrogens with one attached hydrogen (secondary N) is 1. The van der Waals surface area contributed by atoms with Crippen LogP contribution in [0.15, 0.2) is 22.7 Å². The molecule has 0 amide bonds. The van der Waals surface area contributed by atoms with E-state index >= 15 is 0 Å². The summed E-state index contributed by atoms with van der Waals surface area (Å²) in [5.41, 5.74) is 1.08. The molecule has 1 atom stereocenters. The zero-order valence-corrected chi connectivity index (χ0v) is 13.2. The minimum Gasteiger partial charge on any atom is -0.314 e. The van der Waals surface area contributed by atoms with Crippen LogP contribution in [0.3, 0.4) is 0 Å². The smallest absolute Gasteiger partial charge is 0.124 e. The van der Waals surface area contributed by atoms with Crippen molar-refractivity contribution in [1.29, 1.82) is 0 Å². The summed E-state index contributed by atoms with van der Waals surface area (Å²) in [5, 5.41) is 3.56. The Morgan fingerprint density at radius 2 is 2.05 bits per heavy atom. The maximum absolute atomic E-state index is 13.4. The fraction of sp³-hybridized carbons (Fsp3) is 0.625. The van der Waals surface area contributed by atoms with Crippen molar-refractivity contribution < 1.29 is 4.39 Å². The molecule has 0 aliphatic heterocycles. The van der Waals surface area contributed by atoms with Crippen LogP contribution in [-0.4, -0.2) is 12.6 Å². The first kappa shape index (κ1) is 15.0. The maximum atomic E-state index is 13.4. The van der Waals surface area contributed by atoms with Crippen LogP contribution >= 0.6 is 15.9 Å². The van der Waals surface area contributed by atoms with Gasteiger partial charge in [0.25, 0.3) is 0 Å². The highest BCUT2D eigenvalue weighted by Crippen LogP contribution is 2.29. The highest BCUT2D eigenvalue weighted by Gasteiger charge is 2.20. The third kappa shape index (κ3) is 4.88. The first-order valence-electron chi connectivity index (χ1n) is 7.35. The molecule has 0 saturated heterocycles. The molecule has 0 radical (unpaired) electrons. The fourth-order valence-electron chi connectivity index (χ4n) is 3.19. The van der Waals surface area contributed by atoms with Gasteiger partial charge in [-0.3, -0.25) is 0 Å². The molecule has 1 aliphatic rings. The van der Waals surface area contributed by atoms with E-state index in [1.54, 1.807) is 6.07 Å². The zero-order valence-electron chi connectivity index (χ0n) is 11.6. The van der Waals surface area contributed by atoms with Gasteiger partial charge in [-0.2, -0.15) is 0 Å². The number of hydrogen-bond donors (Lipinski definition) is 1. The summed E-state index contributed by atoms with van der Waals surface area (Å²) in [6, 6.07) is 5.68. The van der Waals surface area contributed by atoms with E-state index in [2.05, 4.69) is 28.2 Å². The molecule has 1 aromatic rings. The van der Waals surface area contributed by atoms with Crippen LogP contribution in [0.5, 0.6) is 0 Å². The summed E-state index contributed by atoms with van der Waals surface area (Å²) in [6.07, 6.45) is 7.65. The lowest BCUT2D eigenvalue weighted by molar-refractivity contribution is 0.390. The Bertz CT molecular complexity index is 381. The molecule has 0 aromatic heterocycles. The summed E-state index contributed by atoms with van der Waals surface area (Å²) >= 11 is 3.37. The quantitative estimate of drug-likeness (QED) is 0.799. The number of hydrogen-bond acceptors (Lipinski definition) is 1. The molecule has 19 heavy (non-hydrogen) atoms. The van der Waals surface area contributed by atoms with Gasteiger partial charge in [0.2, 0.25) is 0 Å². The highest BCUT2D eigenvalue weighted by molar-refractivity contribution is 9.10.